The van der Waals surface area contributed by atoms with Crippen LogP contribution in [0.2, 0.25) is 0 Å². The average molecular weight is 443 g/mol. The first-order valence-corrected chi connectivity index (χ1v) is 11.9. The largest absolute Gasteiger partial charge is 0.486 e. The van der Waals surface area contributed by atoms with E-state index >= 15 is 0 Å². The first-order valence-electron chi connectivity index (χ1n) is 11.9. The predicted octanol–water partition coefficient (Wildman–Crippen LogP) is 7.40. The zero-order valence-corrected chi connectivity index (χ0v) is 20.4. The Morgan fingerprint density at radius 3 is 2.33 bits per heavy atom. The van der Waals surface area contributed by atoms with Crippen LogP contribution in [0.5, 0.6) is 5.75 Å². The van der Waals surface area contributed by atoms with Crippen LogP contribution in [0.25, 0.3) is 11.1 Å². The number of esters is 1. The van der Waals surface area contributed by atoms with E-state index in [0.717, 1.165) is 30.6 Å². The lowest BCUT2D eigenvalue weighted by atomic mass is 9.92. The zero-order valence-electron chi connectivity index (χ0n) is 20.4. The molecule has 0 bridgehead atoms. The van der Waals surface area contributed by atoms with Gasteiger partial charge in [-0.3, -0.25) is 4.79 Å². The molecule has 0 saturated carbocycles. The molecule has 3 nitrogen and oxygen atoms in total. The van der Waals surface area contributed by atoms with Gasteiger partial charge in [-0.15, -0.1) is 0 Å². The van der Waals surface area contributed by atoms with Crippen LogP contribution in [0, 0.1) is 20.8 Å². The highest BCUT2D eigenvalue weighted by Gasteiger charge is 2.25. The molecule has 0 fully saturated rings. The van der Waals surface area contributed by atoms with Crippen molar-refractivity contribution in [3.8, 4) is 16.9 Å². The molecule has 0 N–H and O–H groups in total. The van der Waals surface area contributed by atoms with Crippen LogP contribution in [-0.2, 0) is 16.0 Å². The van der Waals surface area contributed by atoms with Crippen molar-refractivity contribution < 1.29 is 14.3 Å². The molecule has 0 aromatic heterocycles. The summed E-state index contributed by atoms with van der Waals surface area (Å²) in [6.07, 6.45) is 3.41. The van der Waals surface area contributed by atoms with Crippen molar-refractivity contribution in [1.29, 1.82) is 0 Å². The van der Waals surface area contributed by atoms with Crippen LogP contribution in [0.1, 0.15) is 71.6 Å². The molecule has 3 aromatic rings. The Labute approximate surface area is 197 Å². The summed E-state index contributed by atoms with van der Waals surface area (Å²) in [4.78, 5) is 11.7. The Bertz CT molecular complexity index is 1120. The minimum absolute atomic E-state index is 0.0807. The maximum absolute atomic E-state index is 11.7. The molecule has 4 rings (SSSR count). The van der Waals surface area contributed by atoms with E-state index in [1.54, 1.807) is 0 Å². The lowest BCUT2D eigenvalue weighted by Crippen LogP contribution is -2.08. The predicted molar refractivity (Wildman–Crippen MR) is 134 cm³/mol. The highest BCUT2D eigenvalue weighted by molar-refractivity contribution is 5.72. The van der Waals surface area contributed by atoms with Gasteiger partial charge >= 0.3 is 5.97 Å². The average Bonchev–Trinajstić information content (AvgIpc) is 3.19. The Morgan fingerprint density at radius 2 is 1.70 bits per heavy atom. The highest BCUT2D eigenvalue weighted by atomic mass is 16.5. The topological polar surface area (TPSA) is 35.5 Å². The molecular weight excluding hydrogens is 408 g/mol. The Balaban J connectivity index is 1.50. The first-order chi connectivity index (χ1) is 15.9. The van der Waals surface area contributed by atoms with E-state index in [2.05, 4.69) is 70.2 Å². The van der Waals surface area contributed by atoms with Crippen molar-refractivity contribution in [1.82, 2.24) is 0 Å². The third kappa shape index (κ3) is 4.98. The van der Waals surface area contributed by atoms with Crippen molar-refractivity contribution in [2.45, 2.75) is 65.4 Å². The van der Waals surface area contributed by atoms with Gasteiger partial charge in [-0.05, 0) is 97.0 Å². The van der Waals surface area contributed by atoms with Gasteiger partial charge in [0.05, 0.1) is 13.5 Å². The fraction of sp³-hybridized carbons (Fsp3) is 0.367. The highest BCUT2D eigenvalue weighted by Crippen LogP contribution is 2.39. The number of ether oxygens (including phenoxy) is 2. The molecule has 1 aliphatic carbocycles. The SMILES string of the molecule is CC[C@H](CC(=O)OC)c1ccc(OC2CCc3cc(-c4c(C)cc(C)cc4C)ccc32)cc1. The minimum Gasteiger partial charge on any atom is -0.486 e. The Morgan fingerprint density at radius 1 is 1.00 bits per heavy atom. The summed E-state index contributed by atoms with van der Waals surface area (Å²) >= 11 is 0. The fourth-order valence-electron chi connectivity index (χ4n) is 5.26. The summed E-state index contributed by atoms with van der Waals surface area (Å²) in [5.41, 5.74) is 10.4. The summed E-state index contributed by atoms with van der Waals surface area (Å²) in [6.45, 7) is 8.66. The molecule has 3 aromatic carbocycles. The van der Waals surface area contributed by atoms with Gasteiger partial charge in [0.15, 0.2) is 0 Å². The number of rotatable bonds is 7. The third-order valence-corrected chi connectivity index (χ3v) is 6.89. The van der Waals surface area contributed by atoms with Crippen LogP contribution in [-0.4, -0.2) is 13.1 Å². The van der Waals surface area contributed by atoms with Gasteiger partial charge in [0, 0.05) is 0 Å². The van der Waals surface area contributed by atoms with Crippen molar-refractivity contribution >= 4 is 5.97 Å². The number of methoxy groups -OCH3 is 1. The molecule has 1 aliphatic rings. The van der Waals surface area contributed by atoms with Gasteiger partial charge in [0.1, 0.15) is 11.9 Å². The van der Waals surface area contributed by atoms with Crippen LogP contribution in [0.4, 0.5) is 0 Å². The molecule has 1 unspecified atom stereocenters. The van der Waals surface area contributed by atoms with Crippen LogP contribution in [0.15, 0.2) is 54.6 Å². The molecule has 0 spiro atoms. The van der Waals surface area contributed by atoms with Gasteiger partial charge in [-0.1, -0.05) is 55.0 Å². The molecule has 0 saturated heterocycles. The van der Waals surface area contributed by atoms with E-state index < -0.39 is 0 Å². The molecule has 0 amide bonds. The van der Waals surface area contributed by atoms with Gasteiger partial charge in [0.2, 0.25) is 0 Å². The standard InChI is InChI=1S/C30H34O3/c1-6-22(18-29(31)32-5)23-7-11-26(12-8-23)33-28-14-10-24-17-25(9-13-27(24)28)30-20(3)15-19(2)16-21(30)4/h7-9,11-13,15-17,22,28H,6,10,14,18H2,1-5H3/t22-,28?/m1/s1. The normalized spacial score (nSPS) is 15.7. The van der Waals surface area contributed by atoms with Crippen LogP contribution in [0.3, 0.4) is 0 Å². The maximum Gasteiger partial charge on any atom is 0.306 e. The first kappa shape index (κ1) is 23.1. The van der Waals surface area contributed by atoms with E-state index in [0.29, 0.717) is 6.42 Å². The number of fused-ring (bicyclic) bond motifs is 1. The lowest BCUT2D eigenvalue weighted by Gasteiger charge is -2.18. The Hall–Kier alpha value is -3.07. The zero-order chi connectivity index (χ0) is 23.5. The maximum atomic E-state index is 11.7. The molecule has 0 radical (unpaired) electrons. The summed E-state index contributed by atoms with van der Waals surface area (Å²) in [6, 6.07) is 19.6. The summed E-state index contributed by atoms with van der Waals surface area (Å²) in [7, 11) is 1.44. The summed E-state index contributed by atoms with van der Waals surface area (Å²) in [5, 5.41) is 0. The van der Waals surface area contributed by atoms with E-state index in [-0.39, 0.29) is 18.0 Å². The van der Waals surface area contributed by atoms with Gasteiger partial charge in [0.25, 0.3) is 0 Å². The second-order valence-electron chi connectivity index (χ2n) is 9.29. The minimum atomic E-state index is -0.167. The number of hydrogen-bond donors (Lipinski definition) is 0. The second-order valence-corrected chi connectivity index (χ2v) is 9.29. The quantitative estimate of drug-likeness (QED) is 0.358. The van der Waals surface area contributed by atoms with Crippen molar-refractivity contribution in [3.05, 3.63) is 88.0 Å². The molecule has 2 atom stereocenters. The number of benzene rings is 3. The number of carbonyl (C=O) groups is 1. The number of carbonyl (C=O) groups excluding carboxylic acids is 1. The van der Waals surface area contributed by atoms with E-state index in [1.165, 1.54) is 46.1 Å². The summed E-state index contributed by atoms with van der Waals surface area (Å²) in [5.74, 6) is 0.879. The molecule has 172 valence electrons. The lowest BCUT2D eigenvalue weighted by molar-refractivity contribution is -0.141. The fourth-order valence-corrected chi connectivity index (χ4v) is 5.26. The van der Waals surface area contributed by atoms with Crippen LogP contribution >= 0.6 is 0 Å². The van der Waals surface area contributed by atoms with Gasteiger partial charge in [-0.2, -0.15) is 0 Å². The smallest absolute Gasteiger partial charge is 0.306 e. The van der Waals surface area contributed by atoms with E-state index in [1.807, 2.05) is 12.1 Å². The molecular formula is C30H34O3. The van der Waals surface area contributed by atoms with Crippen molar-refractivity contribution in [2.24, 2.45) is 0 Å². The van der Waals surface area contributed by atoms with Gasteiger partial charge in [-0.25, -0.2) is 0 Å². The molecule has 33 heavy (non-hydrogen) atoms. The van der Waals surface area contributed by atoms with Gasteiger partial charge < -0.3 is 9.47 Å². The van der Waals surface area contributed by atoms with Crippen molar-refractivity contribution in [3.63, 3.8) is 0 Å². The second kappa shape index (κ2) is 9.82. The Kier molecular flexibility index (Phi) is 6.88. The third-order valence-electron chi connectivity index (χ3n) is 6.89. The number of aryl methyl sites for hydroxylation is 4. The molecule has 3 heteroatoms. The van der Waals surface area contributed by atoms with Crippen molar-refractivity contribution in [2.75, 3.05) is 7.11 Å². The number of hydrogen-bond acceptors (Lipinski definition) is 3. The van der Waals surface area contributed by atoms with E-state index in [4.69, 9.17) is 9.47 Å². The van der Waals surface area contributed by atoms with E-state index in [9.17, 15) is 4.79 Å². The molecule has 0 aliphatic heterocycles. The van der Waals surface area contributed by atoms with Crippen LogP contribution < -0.4 is 4.74 Å². The molecule has 0 heterocycles. The summed E-state index contributed by atoms with van der Waals surface area (Å²) < 4.78 is 11.2. The monoisotopic (exact) mass is 442 g/mol.